The number of rotatable bonds is 1. The van der Waals surface area contributed by atoms with E-state index in [1.54, 1.807) is 0 Å². The summed E-state index contributed by atoms with van der Waals surface area (Å²) in [5.41, 5.74) is 1.52. The molecule has 8 heteroatoms. The number of alkyl halides is 5. The molecule has 1 heterocycles. The van der Waals surface area contributed by atoms with E-state index >= 15 is 0 Å². The topological polar surface area (TPSA) is 38.9 Å². The summed E-state index contributed by atoms with van der Waals surface area (Å²) in [4.78, 5) is 3.19. The first kappa shape index (κ1) is 12.2. The summed E-state index contributed by atoms with van der Waals surface area (Å²) in [6.07, 6.45) is -7.93. The molecule has 1 rings (SSSR count). The molecule has 0 saturated heterocycles. The SMILES string of the molecule is Nc1c(C(F)(F)F)cc(Br)nc1C(F)F. The van der Waals surface area contributed by atoms with Crippen molar-refractivity contribution in [2.75, 3.05) is 5.73 Å². The van der Waals surface area contributed by atoms with Gasteiger partial charge >= 0.3 is 6.18 Å². The van der Waals surface area contributed by atoms with Gasteiger partial charge in [0.15, 0.2) is 0 Å². The van der Waals surface area contributed by atoms with Crippen LogP contribution < -0.4 is 5.73 Å². The van der Waals surface area contributed by atoms with Gasteiger partial charge in [-0.25, -0.2) is 13.8 Å². The van der Waals surface area contributed by atoms with Crippen molar-refractivity contribution in [1.29, 1.82) is 0 Å². The van der Waals surface area contributed by atoms with E-state index in [-0.39, 0.29) is 4.60 Å². The Morgan fingerprint density at radius 1 is 1.33 bits per heavy atom. The minimum atomic E-state index is -4.78. The third-order valence-corrected chi connectivity index (χ3v) is 1.98. The maximum atomic E-state index is 12.3. The second kappa shape index (κ2) is 3.92. The van der Waals surface area contributed by atoms with E-state index in [0.717, 1.165) is 0 Å². The molecule has 0 unspecified atom stereocenters. The molecule has 0 atom stereocenters. The van der Waals surface area contributed by atoms with Gasteiger partial charge in [-0.15, -0.1) is 0 Å². The minimum Gasteiger partial charge on any atom is -0.397 e. The number of nitrogens with two attached hydrogens (primary N) is 1. The van der Waals surface area contributed by atoms with Crippen LogP contribution in [0.15, 0.2) is 10.7 Å². The van der Waals surface area contributed by atoms with Gasteiger partial charge in [0, 0.05) is 0 Å². The van der Waals surface area contributed by atoms with Gasteiger partial charge in [0.25, 0.3) is 6.43 Å². The quantitative estimate of drug-likeness (QED) is 0.636. The minimum absolute atomic E-state index is 0.334. The highest BCUT2D eigenvalue weighted by molar-refractivity contribution is 9.10. The first-order valence-corrected chi connectivity index (χ1v) is 4.34. The van der Waals surface area contributed by atoms with Crippen molar-refractivity contribution in [2.24, 2.45) is 0 Å². The zero-order chi connectivity index (χ0) is 11.8. The van der Waals surface area contributed by atoms with Crippen LogP contribution in [0.25, 0.3) is 0 Å². The van der Waals surface area contributed by atoms with Crippen molar-refractivity contribution in [2.45, 2.75) is 12.6 Å². The van der Waals surface area contributed by atoms with E-state index < -0.39 is 29.5 Å². The summed E-state index contributed by atoms with van der Waals surface area (Å²) in [5.74, 6) is 0. The lowest BCUT2D eigenvalue weighted by atomic mass is 10.1. The average molecular weight is 291 g/mol. The highest BCUT2D eigenvalue weighted by Gasteiger charge is 2.35. The normalized spacial score (nSPS) is 12.2. The second-order valence-corrected chi connectivity index (χ2v) is 3.40. The molecule has 1 aromatic rings. The Labute approximate surface area is 89.4 Å². The van der Waals surface area contributed by atoms with Crippen molar-refractivity contribution >= 4 is 21.6 Å². The van der Waals surface area contributed by atoms with Crippen molar-refractivity contribution in [1.82, 2.24) is 4.98 Å². The lowest BCUT2D eigenvalue weighted by Gasteiger charge is -2.13. The third kappa shape index (κ3) is 2.55. The molecule has 0 aliphatic carbocycles. The molecule has 0 bridgehead atoms. The molecular weight excluding hydrogens is 287 g/mol. The average Bonchev–Trinajstić information content (AvgIpc) is 2.06. The van der Waals surface area contributed by atoms with E-state index in [1.807, 2.05) is 0 Å². The Morgan fingerprint density at radius 3 is 2.27 bits per heavy atom. The van der Waals surface area contributed by atoms with Gasteiger partial charge in [-0.05, 0) is 22.0 Å². The number of halogens is 6. The van der Waals surface area contributed by atoms with Crippen LogP contribution in [0.3, 0.4) is 0 Å². The summed E-state index contributed by atoms with van der Waals surface area (Å²) in [7, 11) is 0. The van der Waals surface area contributed by atoms with Crippen molar-refractivity contribution in [3.63, 3.8) is 0 Å². The Kier molecular flexibility index (Phi) is 3.17. The monoisotopic (exact) mass is 290 g/mol. The standard InChI is InChI=1S/C7H4BrF5N2/c8-3-1-2(7(11,12)13)4(14)5(15-3)6(9)10/h1,6H,14H2. The van der Waals surface area contributed by atoms with Crippen molar-refractivity contribution < 1.29 is 22.0 Å². The maximum absolute atomic E-state index is 12.3. The van der Waals surface area contributed by atoms with Crippen LogP contribution in [0.1, 0.15) is 17.7 Å². The molecule has 0 aliphatic heterocycles. The first-order chi connectivity index (χ1) is 6.73. The molecule has 0 amide bonds. The summed E-state index contributed by atoms with van der Waals surface area (Å²) < 4.78 is 61.1. The molecule has 1 aromatic heterocycles. The van der Waals surface area contributed by atoms with Gasteiger partial charge in [0.2, 0.25) is 0 Å². The number of pyridine rings is 1. The zero-order valence-corrected chi connectivity index (χ0v) is 8.53. The first-order valence-electron chi connectivity index (χ1n) is 3.54. The van der Waals surface area contributed by atoms with Crippen LogP contribution in [-0.4, -0.2) is 4.98 Å². The van der Waals surface area contributed by atoms with Gasteiger partial charge in [-0.3, -0.25) is 0 Å². The fourth-order valence-corrected chi connectivity index (χ4v) is 1.36. The molecule has 0 aliphatic rings. The summed E-state index contributed by atoms with van der Waals surface area (Å²) in [6.45, 7) is 0. The largest absolute Gasteiger partial charge is 0.418 e. The number of hydrogen-bond acceptors (Lipinski definition) is 2. The molecule has 15 heavy (non-hydrogen) atoms. The Morgan fingerprint density at radius 2 is 1.87 bits per heavy atom. The van der Waals surface area contributed by atoms with Crippen LogP contribution in [0.2, 0.25) is 0 Å². The van der Waals surface area contributed by atoms with Crippen LogP contribution in [-0.2, 0) is 6.18 Å². The molecule has 84 valence electrons. The molecule has 0 spiro atoms. The molecule has 0 aromatic carbocycles. The van der Waals surface area contributed by atoms with Crippen LogP contribution in [0, 0.1) is 0 Å². The summed E-state index contributed by atoms with van der Waals surface area (Å²) in [5, 5.41) is 0. The number of aromatic nitrogens is 1. The Balaban J connectivity index is 3.42. The lowest BCUT2D eigenvalue weighted by molar-refractivity contribution is -0.137. The predicted molar refractivity (Wildman–Crippen MR) is 46.3 cm³/mol. The number of nitrogen functional groups attached to an aromatic ring is 1. The van der Waals surface area contributed by atoms with Gasteiger partial charge in [-0.1, -0.05) is 0 Å². The van der Waals surface area contributed by atoms with Crippen molar-refractivity contribution in [3.05, 3.63) is 21.9 Å². The fourth-order valence-electron chi connectivity index (χ4n) is 0.943. The molecular formula is C7H4BrF5N2. The van der Waals surface area contributed by atoms with Gasteiger partial charge in [-0.2, -0.15) is 13.2 Å². The lowest BCUT2D eigenvalue weighted by Crippen LogP contribution is -2.12. The number of anilines is 1. The zero-order valence-electron chi connectivity index (χ0n) is 6.95. The fraction of sp³-hybridized carbons (Fsp3) is 0.286. The van der Waals surface area contributed by atoms with E-state index in [2.05, 4.69) is 20.9 Å². The molecule has 0 fully saturated rings. The van der Waals surface area contributed by atoms with Crippen LogP contribution in [0.5, 0.6) is 0 Å². The molecule has 2 nitrogen and oxygen atoms in total. The second-order valence-electron chi connectivity index (χ2n) is 2.59. The Hall–Kier alpha value is -0.920. The molecule has 0 saturated carbocycles. The van der Waals surface area contributed by atoms with Gasteiger partial charge in [0.1, 0.15) is 10.3 Å². The summed E-state index contributed by atoms with van der Waals surface area (Å²) >= 11 is 2.61. The van der Waals surface area contributed by atoms with E-state index in [0.29, 0.717) is 6.07 Å². The van der Waals surface area contributed by atoms with Crippen LogP contribution in [0.4, 0.5) is 27.6 Å². The van der Waals surface area contributed by atoms with Crippen LogP contribution >= 0.6 is 15.9 Å². The molecule has 2 N–H and O–H groups in total. The van der Waals surface area contributed by atoms with E-state index in [1.165, 1.54) is 0 Å². The predicted octanol–water partition coefficient (Wildman–Crippen LogP) is 3.38. The molecule has 0 radical (unpaired) electrons. The number of nitrogens with zero attached hydrogens (tertiary/aromatic N) is 1. The van der Waals surface area contributed by atoms with Gasteiger partial charge < -0.3 is 5.73 Å². The van der Waals surface area contributed by atoms with Gasteiger partial charge in [0.05, 0.1) is 11.3 Å². The number of hydrogen-bond donors (Lipinski definition) is 1. The third-order valence-electron chi connectivity index (χ3n) is 1.57. The highest BCUT2D eigenvalue weighted by atomic mass is 79.9. The smallest absolute Gasteiger partial charge is 0.397 e. The highest BCUT2D eigenvalue weighted by Crippen LogP contribution is 2.38. The Bertz CT molecular complexity index is 376. The maximum Gasteiger partial charge on any atom is 0.418 e. The van der Waals surface area contributed by atoms with E-state index in [9.17, 15) is 22.0 Å². The van der Waals surface area contributed by atoms with Crippen molar-refractivity contribution in [3.8, 4) is 0 Å². The van der Waals surface area contributed by atoms with E-state index in [4.69, 9.17) is 5.73 Å². The summed E-state index contributed by atoms with van der Waals surface area (Å²) in [6, 6.07) is 0.557.